The zero-order valence-corrected chi connectivity index (χ0v) is 14.0. The molecule has 0 aliphatic carbocycles. The molecule has 0 bridgehead atoms. The van der Waals surface area contributed by atoms with Crippen LogP contribution in [0.15, 0.2) is 47.2 Å². The predicted molar refractivity (Wildman–Crippen MR) is 92.3 cm³/mol. The number of aromatic nitrogens is 3. The minimum Gasteiger partial charge on any atom is -0.465 e. The number of hydrogen-bond donors (Lipinski definition) is 2. The van der Waals surface area contributed by atoms with Gasteiger partial charge in [0, 0.05) is 24.1 Å². The van der Waals surface area contributed by atoms with Crippen molar-refractivity contribution in [1.29, 1.82) is 0 Å². The van der Waals surface area contributed by atoms with Crippen molar-refractivity contribution in [2.75, 3.05) is 17.7 Å². The maximum Gasteiger partial charge on any atom is 0.337 e. The fourth-order valence-electron chi connectivity index (χ4n) is 2.09. The minimum absolute atomic E-state index is 0.260. The average molecular weight is 353 g/mol. The van der Waals surface area contributed by atoms with Crippen LogP contribution in [-0.4, -0.2) is 34.1 Å². The molecular formula is C17H15N5O4. The van der Waals surface area contributed by atoms with Crippen molar-refractivity contribution in [3.05, 3.63) is 59.6 Å². The van der Waals surface area contributed by atoms with Gasteiger partial charge in [-0.05, 0) is 25.1 Å². The van der Waals surface area contributed by atoms with E-state index in [9.17, 15) is 9.59 Å². The smallest absolute Gasteiger partial charge is 0.337 e. The fraction of sp³-hybridized carbons (Fsp3) is 0.118. The van der Waals surface area contributed by atoms with E-state index in [0.717, 1.165) is 0 Å². The molecule has 2 aromatic heterocycles. The summed E-state index contributed by atoms with van der Waals surface area (Å²) in [5.74, 6) is 0.512. The van der Waals surface area contributed by atoms with Gasteiger partial charge in [-0.25, -0.2) is 14.8 Å². The summed E-state index contributed by atoms with van der Waals surface area (Å²) in [5.41, 5.74) is 1.05. The molecule has 3 rings (SSSR count). The van der Waals surface area contributed by atoms with Crippen LogP contribution in [0.25, 0.3) is 0 Å². The molecule has 0 unspecified atom stereocenters. The van der Waals surface area contributed by atoms with Crippen LogP contribution >= 0.6 is 0 Å². The van der Waals surface area contributed by atoms with Crippen molar-refractivity contribution < 1.29 is 18.8 Å². The highest BCUT2D eigenvalue weighted by atomic mass is 16.5. The van der Waals surface area contributed by atoms with Gasteiger partial charge in [-0.3, -0.25) is 4.79 Å². The summed E-state index contributed by atoms with van der Waals surface area (Å²) in [6, 6.07) is 8.11. The van der Waals surface area contributed by atoms with E-state index in [4.69, 9.17) is 4.52 Å². The molecule has 0 saturated heterocycles. The van der Waals surface area contributed by atoms with E-state index < -0.39 is 11.9 Å². The number of rotatable bonds is 5. The van der Waals surface area contributed by atoms with Crippen molar-refractivity contribution in [1.82, 2.24) is 15.1 Å². The molecule has 2 N–H and O–H groups in total. The Morgan fingerprint density at radius 1 is 1.12 bits per heavy atom. The number of carbonyl (C=O) groups excluding carboxylic acids is 2. The highest BCUT2D eigenvalue weighted by Gasteiger charge is 2.11. The van der Waals surface area contributed by atoms with Gasteiger partial charge in [0.15, 0.2) is 5.82 Å². The fourth-order valence-corrected chi connectivity index (χ4v) is 2.09. The summed E-state index contributed by atoms with van der Waals surface area (Å²) < 4.78 is 9.59. The third-order valence-corrected chi connectivity index (χ3v) is 3.32. The molecular weight excluding hydrogens is 338 g/mol. The van der Waals surface area contributed by atoms with E-state index in [1.54, 1.807) is 31.2 Å². The number of nitrogens with one attached hydrogen (secondary N) is 2. The number of methoxy groups -OCH3 is 1. The Hall–Kier alpha value is -3.75. The molecule has 0 atom stereocenters. The van der Waals surface area contributed by atoms with Crippen molar-refractivity contribution in [3.8, 4) is 0 Å². The highest BCUT2D eigenvalue weighted by Crippen LogP contribution is 2.14. The summed E-state index contributed by atoms with van der Waals surface area (Å²) in [6.45, 7) is 1.77. The van der Waals surface area contributed by atoms with Crippen LogP contribution in [0, 0.1) is 6.92 Å². The first kappa shape index (κ1) is 17.1. The summed E-state index contributed by atoms with van der Waals surface area (Å²) in [6.07, 6.45) is 2.75. The normalized spacial score (nSPS) is 10.2. The van der Waals surface area contributed by atoms with Gasteiger partial charge in [0.2, 0.25) is 5.95 Å². The lowest BCUT2D eigenvalue weighted by molar-refractivity contribution is 0.0600. The Labute approximate surface area is 148 Å². The van der Waals surface area contributed by atoms with Crippen LogP contribution < -0.4 is 10.6 Å². The molecule has 1 aromatic carbocycles. The quantitative estimate of drug-likeness (QED) is 0.672. The number of anilines is 3. The molecule has 132 valence electrons. The maximum absolute atomic E-state index is 12.3. The van der Waals surface area contributed by atoms with Crippen molar-refractivity contribution in [2.24, 2.45) is 0 Å². The Balaban J connectivity index is 1.67. The minimum atomic E-state index is -0.483. The van der Waals surface area contributed by atoms with Crippen LogP contribution in [0.5, 0.6) is 0 Å². The largest absolute Gasteiger partial charge is 0.465 e. The summed E-state index contributed by atoms with van der Waals surface area (Å²) in [4.78, 5) is 32.0. The Kier molecular flexibility index (Phi) is 4.88. The van der Waals surface area contributed by atoms with Crippen LogP contribution in [0.1, 0.15) is 26.5 Å². The zero-order chi connectivity index (χ0) is 18.5. The SMILES string of the molecule is COC(=O)c1cccc(NC(=O)c2cnc(Nc3cc(C)on3)nc2)c1. The van der Waals surface area contributed by atoms with Crippen molar-refractivity contribution >= 4 is 29.3 Å². The number of carbonyl (C=O) groups is 2. The molecule has 0 aliphatic heterocycles. The lowest BCUT2D eigenvalue weighted by atomic mass is 10.2. The monoisotopic (exact) mass is 353 g/mol. The van der Waals surface area contributed by atoms with Gasteiger partial charge in [0.25, 0.3) is 5.91 Å². The van der Waals surface area contributed by atoms with Crippen LogP contribution in [0.4, 0.5) is 17.5 Å². The summed E-state index contributed by atoms with van der Waals surface area (Å²) in [5, 5.41) is 9.30. The van der Waals surface area contributed by atoms with Gasteiger partial charge >= 0.3 is 5.97 Å². The van der Waals surface area contributed by atoms with Gasteiger partial charge in [-0.1, -0.05) is 11.2 Å². The number of amides is 1. The number of ether oxygens (including phenoxy) is 1. The van der Waals surface area contributed by atoms with Crippen LogP contribution in [0.3, 0.4) is 0 Å². The van der Waals surface area contributed by atoms with Crippen LogP contribution in [0.2, 0.25) is 0 Å². The lowest BCUT2D eigenvalue weighted by Crippen LogP contribution is -2.13. The number of esters is 1. The van der Waals surface area contributed by atoms with Gasteiger partial charge in [-0.2, -0.15) is 0 Å². The van der Waals surface area contributed by atoms with E-state index in [1.807, 2.05) is 0 Å². The molecule has 9 nitrogen and oxygen atoms in total. The predicted octanol–water partition coefficient (Wildman–Crippen LogP) is 2.56. The second-order valence-corrected chi connectivity index (χ2v) is 5.27. The van der Waals surface area contributed by atoms with E-state index in [0.29, 0.717) is 22.8 Å². The Bertz CT molecular complexity index is 936. The molecule has 0 fully saturated rings. The molecule has 2 heterocycles. The standard InChI is InChI=1S/C17H15N5O4/c1-10-6-14(22-26-10)21-17-18-8-12(9-19-17)15(23)20-13-5-3-4-11(7-13)16(24)25-2/h3-9H,1-2H3,(H,20,23)(H,18,19,21,22). The Morgan fingerprint density at radius 3 is 2.54 bits per heavy atom. The zero-order valence-electron chi connectivity index (χ0n) is 14.0. The summed E-state index contributed by atoms with van der Waals surface area (Å²) in [7, 11) is 1.29. The van der Waals surface area contributed by atoms with E-state index >= 15 is 0 Å². The first-order valence-corrected chi connectivity index (χ1v) is 7.57. The second kappa shape index (κ2) is 7.43. The third-order valence-electron chi connectivity index (χ3n) is 3.32. The number of nitrogens with zero attached hydrogens (tertiary/aromatic N) is 3. The van der Waals surface area contributed by atoms with Crippen molar-refractivity contribution in [3.63, 3.8) is 0 Å². The summed E-state index contributed by atoms with van der Waals surface area (Å²) >= 11 is 0. The molecule has 3 aromatic rings. The molecule has 0 saturated carbocycles. The second-order valence-electron chi connectivity index (χ2n) is 5.27. The van der Waals surface area contributed by atoms with E-state index in [1.165, 1.54) is 25.6 Å². The third kappa shape index (κ3) is 4.01. The number of aryl methyl sites for hydroxylation is 1. The van der Waals surface area contributed by atoms with Gasteiger partial charge in [0.05, 0.1) is 18.2 Å². The number of benzene rings is 1. The Morgan fingerprint density at radius 2 is 1.88 bits per heavy atom. The molecule has 26 heavy (non-hydrogen) atoms. The molecule has 0 radical (unpaired) electrons. The first-order valence-electron chi connectivity index (χ1n) is 7.57. The highest BCUT2D eigenvalue weighted by molar-refractivity contribution is 6.04. The van der Waals surface area contributed by atoms with Gasteiger partial charge < -0.3 is 19.9 Å². The van der Waals surface area contributed by atoms with E-state index in [2.05, 4.69) is 30.5 Å². The molecule has 1 amide bonds. The molecule has 0 aliphatic rings. The van der Waals surface area contributed by atoms with Gasteiger partial charge in [0.1, 0.15) is 5.76 Å². The van der Waals surface area contributed by atoms with E-state index in [-0.39, 0.29) is 11.5 Å². The van der Waals surface area contributed by atoms with Crippen molar-refractivity contribution in [2.45, 2.75) is 6.92 Å². The average Bonchev–Trinajstić information content (AvgIpc) is 3.06. The topological polar surface area (TPSA) is 119 Å². The maximum atomic E-state index is 12.3. The van der Waals surface area contributed by atoms with Gasteiger partial charge in [-0.15, -0.1) is 0 Å². The molecule has 0 spiro atoms. The molecule has 9 heteroatoms. The van der Waals surface area contributed by atoms with Crippen LogP contribution in [-0.2, 0) is 4.74 Å². The lowest BCUT2D eigenvalue weighted by Gasteiger charge is -2.07. The number of hydrogen-bond acceptors (Lipinski definition) is 8. The first-order chi connectivity index (χ1) is 12.5.